The number of benzene rings is 3. The molecule has 190 valence electrons. The summed E-state index contributed by atoms with van der Waals surface area (Å²) in [5.74, 6) is -0.353. The standard InChI is InChI=1S/C30H28ClF2N3O/c1-30(2,37-23-14-8-19(18-34)9-15-23)28(20-6-4-3-5-7-20)36-27-17-25(33)24(32)16-26(27)35-29(36)21-10-12-22(31)13-11-21/h8-17,20,28H,3-7H2,1-2H3. The molecule has 0 spiro atoms. The van der Waals surface area contributed by atoms with E-state index in [9.17, 15) is 14.0 Å². The lowest BCUT2D eigenvalue weighted by molar-refractivity contribution is 0.0136. The fourth-order valence-corrected chi connectivity index (χ4v) is 5.80. The van der Waals surface area contributed by atoms with Gasteiger partial charge in [-0.15, -0.1) is 0 Å². The van der Waals surface area contributed by atoms with Crippen molar-refractivity contribution in [1.82, 2.24) is 9.55 Å². The molecule has 0 amide bonds. The summed E-state index contributed by atoms with van der Waals surface area (Å²) in [4.78, 5) is 4.80. The molecule has 1 aromatic heterocycles. The van der Waals surface area contributed by atoms with Crippen LogP contribution in [-0.2, 0) is 0 Å². The van der Waals surface area contributed by atoms with Crippen molar-refractivity contribution >= 4 is 22.6 Å². The zero-order valence-corrected chi connectivity index (χ0v) is 21.6. The molecule has 1 heterocycles. The van der Waals surface area contributed by atoms with Crippen LogP contribution < -0.4 is 4.74 Å². The second-order valence-electron chi connectivity index (χ2n) is 10.3. The van der Waals surface area contributed by atoms with Gasteiger partial charge in [0.05, 0.1) is 28.7 Å². The lowest BCUT2D eigenvalue weighted by Gasteiger charge is -2.43. The van der Waals surface area contributed by atoms with Crippen LogP contribution in [0.25, 0.3) is 22.4 Å². The number of hydrogen-bond acceptors (Lipinski definition) is 3. The summed E-state index contributed by atoms with van der Waals surface area (Å²) < 4.78 is 37.6. The van der Waals surface area contributed by atoms with Crippen LogP contribution in [0.1, 0.15) is 57.6 Å². The lowest BCUT2D eigenvalue weighted by Crippen LogP contribution is -2.44. The Kier molecular flexibility index (Phi) is 6.92. The second-order valence-corrected chi connectivity index (χ2v) is 10.7. The summed E-state index contributed by atoms with van der Waals surface area (Å²) in [6.45, 7) is 4.06. The third-order valence-electron chi connectivity index (χ3n) is 7.29. The zero-order valence-electron chi connectivity index (χ0n) is 20.8. The smallest absolute Gasteiger partial charge is 0.161 e. The van der Waals surface area contributed by atoms with Crippen molar-refractivity contribution in [2.45, 2.75) is 57.6 Å². The number of nitrogens with zero attached hydrogens (tertiary/aromatic N) is 3. The van der Waals surface area contributed by atoms with Gasteiger partial charge in [0.15, 0.2) is 11.6 Å². The summed E-state index contributed by atoms with van der Waals surface area (Å²) in [6.07, 6.45) is 5.36. The normalized spacial score (nSPS) is 15.5. The van der Waals surface area contributed by atoms with E-state index in [0.29, 0.717) is 33.2 Å². The molecule has 1 saturated carbocycles. The minimum Gasteiger partial charge on any atom is -0.486 e. The van der Waals surface area contributed by atoms with Gasteiger partial charge >= 0.3 is 0 Å². The molecule has 1 aliphatic rings. The Bertz CT molecular complexity index is 1450. The van der Waals surface area contributed by atoms with Gasteiger partial charge in [0.1, 0.15) is 17.2 Å². The first-order valence-corrected chi connectivity index (χ1v) is 13.0. The van der Waals surface area contributed by atoms with Crippen molar-refractivity contribution < 1.29 is 13.5 Å². The first kappa shape index (κ1) is 25.2. The van der Waals surface area contributed by atoms with Crippen molar-refractivity contribution in [1.29, 1.82) is 5.26 Å². The van der Waals surface area contributed by atoms with Crippen LogP contribution in [-0.4, -0.2) is 15.2 Å². The zero-order chi connectivity index (χ0) is 26.2. The lowest BCUT2D eigenvalue weighted by atomic mass is 9.77. The molecular formula is C30H28ClF2N3O. The molecule has 1 atom stereocenters. The summed E-state index contributed by atoms with van der Waals surface area (Å²) >= 11 is 6.16. The van der Waals surface area contributed by atoms with E-state index in [0.717, 1.165) is 37.3 Å². The molecule has 5 rings (SSSR count). The fourth-order valence-electron chi connectivity index (χ4n) is 5.68. The Labute approximate surface area is 220 Å². The van der Waals surface area contributed by atoms with Gasteiger partial charge in [-0.05, 0) is 81.1 Å². The van der Waals surface area contributed by atoms with Gasteiger partial charge in [-0.3, -0.25) is 0 Å². The molecule has 1 aliphatic carbocycles. The SMILES string of the molecule is CC(C)(Oc1ccc(C#N)cc1)C(C1CCCCC1)n1c(-c2ccc(Cl)cc2)nc2cc(F)c(F)cc21. The Morgan fingerprint density at radius 2 is 1.65 bits per heavy atom. The number of ether oxygens (including phenoxy) is 1. The van der Waals surface area contributed by atoms with E-state index in [-0.39, 0.29) is 12.0 Å². The highest BCUT2D eigenvalue weighted by Gasteiger charge is 2.42. The first-order valence-electron chi connectivity index (χ1n) is 12.6. The summed E-state index contributed by atoms with van der Waals surface area (Å²) in [6, 6.07) is 18.7. The average Bonchev–Trinajstić information content (AvgIpc) is 3.23. The highest BCUT2D eigenvalue weighted by molar-refractivity contribution is 6.30. The maximum atomic E-state index is 14.6. The number of aromatic nitrogens is 2. The fraction of sp³-hybridized carbons (Fsp3) is 0.333. The summed E-state index contributed by atoms with van der Waals surface area (Å²) in [5, 5.41) is 9.77. The molecule has 3 aromatic carbocycles. The second kappa shape index (κ2) is 10.1. The van der Waals surface area contributed by atoms with Gasteiger partial charge in [0, 0.05) is 22.7 Å². The summed E-state index contributed by atoms with van der Waals surface area (Å²) in [5.41, 5.74) is 1.51. The highest BCUT2D eigenvalue weighted by atomic mass is 35.5. The van der Waals surface area contributed by atoms with Gasteiger partial charge in [-0.25, -0.2) is 13.8 Å². The third kappa shape index (κ3) is 5.06. The maximum Gasteiger partial charge on any atom is 0.161 e. The van der Waals surface area contributed by atoms with Gasteiger partial charge < -0.3 is 9.30 Å². The molecule has 1 fully saturated rings. The van der Waals surface area contributed by atoms with Crippen LogP contribution in [0.3, 0.4) is 0 Å². The summed E-state index contributed by atoms with van der Waals surface area (Å²) in [7, 11) is 0. The maximum absolute atomic E-state index is 14.6. The molecule has 0 aliphatic heterocycles. The van der Waals surface area contributed by atoms with E-state index in [2.05, 4.69) is 6.07 Å². The van der Waals surface area contributed by atoms with Crippen molar-refractivity contribution in [2.75, 3.05) is 0 Å². The molecule has 4 nitrogen and oxygen atoms in total. The quantitative estimate of drug-likeness (QED) is 0.256. The molecule has 1 unspecified atom stereocenters. The number of imidazole rings is 1. The van der Waals surface area contributed by atoms with Crippen molar-refractivity contribution in [3.05, 3.63) is 82.9 Å². The predicted molar refractivity (Wildman–Crippen MR) is 142 cm³/mol. The molecule has 37 heavy (non-hydrogen) atoms. The van der Waals surface area contributed by atoms with Crippen LogP contribution in [0.5, 0.6) is 5.75 Å². The average molecular weight is 520 g/mol. The number of fused-ring (bicyclic) bond motifs is 1. The van der Waals surface area contributed by atoms with E-state index >= 15 is 0 Å². The van der Waals surface area contributed by atoms with Gasteiger partial charge in [-0.1, -0.05) is 30.9 Å². The van der Waals surface area contributed by atoms with Crippen LogP contribution in [0, 0.1) is 28.9 Å². The number of hydrogen-bond donors (Lipinski definition) is 0. The van der Waals surface area contributed by atoms with Gasteiger partial charge in [-0.2, -0.15) is 5.26 Å². The largest absolute Gasteiger partial charge is 0.486 e. The first-order chi connectivity index (χ1) is 17.8. The van der Waals surface area contributed by atoms with E-state index in [1.165, 1.54) is 12.5 Å². The molecule has 7 heteroatoms. The monoisotopic (exact) mass is 519 g/mol. The highest BCUT2D eigenvalue weighted by Crippen LogP contribution is 2.45. The number of nitriles is 1. The predicted octanol–water partition coefficient (Wildman–Crippen LogP) is 8.49. The van der Waals surface area contributed by atoms with E-state index in [1.54, 1.807) is 36.4 Å². The van der Waals surface area contributed by atoms with E-state index < -0.39 is 17.2 Å². The minimum atomic E-state index is -0.929. The Hall–Kier alpha value is -3.43. The third-order valence-corrected chi connectivity index (χ3v) is 7.54. The van der Waals surface area contributed by atoms with E-state index in [1.807, 2.05) is 30.5 Å². The van der Waals surface area contributed by atoms with E-state index in [4.69, 9.17) is 21.3 Å². The molecule has 4 aromatic rings. The number of rotatable bonds is 6. The molecule has 0 bridgehead atoms. The Morgan fingerprint density at radius 3 is 2.30 bits per heavy atom. The topological polar surface area (TPSA) is 50.8 Å². The van der Waals surface area contributed by atoms with Crippen LogP contribution in [0.2, 0.25) is 5.02 Å². The molecular weight excluding hydrogens is 492 g/mol. The molecule has 0 radical (unpaired) electrons. The Morgan fingerprint density at radius 1 is 1.00 bits per heavy atom. The van der Waals surface area contributed by atoms with Crippen molar-refractivity contribution in [2.24, 2.45) is 5.92 Å². The molecule has 0 N–H and O–H groups in total. The van der Waals surface area contributed by atoms with Gasteiger partial charge in [0.25, 0.3) is 0 Å². The number of halogens is 3. The van der Waals surface area contributed by atoms with Crippen LogP contribution >= 0.6 is 11.6 Å². The minimum absolute atomic E-state index is 0.232. The van der Waals surface area contributed by atoms with Crippen molar-refractivity contribution in [3.8, 4) is 23.2 Å². The molecule has 0 saturated heterocycles. The van der Waals surface area contributed by atoms with Gasteiger partial charge in [0.2, 0.25) is 0 Å². The van der Waals surface area contributed by atoms with Crippen LogP contribution in [0.15, 0.2) is 60.7 Å². The van der Waals surface area contributed by atoms with Crippen LogP contribution in [0.4, 0.5) is 8.78 Å². The Balaban J connectivity index is 1.71. The van der Waals surface area contributed by atoms with Crippen molar-refractivity contribution in [3.63, 3.8) is 0 Å².